The third-order valence-corrected chi connectivity index (χ3v) is 4.11. The van der Waals surface area contributed by atoms with E-state index in [1.54, 1.807) is 0 Å². The van der Waals surface area contributed by atoms with Gasteiger partial charge in [-0.3, -0.25) is 0 Å². The minimum Gasteiger partial charge on any atom is -0.357 e. The van der Waals surface area contributed by atoms with Crippen LogP contribution in [0.4, 0.5) is 0 Å². The Hall–Kier alpha value is -1.81. The highest BCUT2D eigenvalue weighted by Crippen LogP contribution is 2.14. The second kappa shape index (κ2) is 7.84. The average molecular weight is 301 g/mol. The summed E-state index contributed by atoms with van der Waals surface area (Å²) in [6.07, 6.45) is 0. The molecule has 0 fully saturated rings. The lowest BCUT2D eigenvalue weighted by atomic mass is 10.1. The third kappa shape index (κ3) is 5.23. The molecule has 0 amide bonds. The number of hydrogen-bond donors (Lipinski definition) is 2. The van der Waals surface area contributed by atoms with E-state index >= 15 is 0 Å². The van der Waals surface area contributed by atoms with Crippen molar-refractivity contribution in [1.29, 1.82) is 0 Å². The highest BCUT2D eigenvalue weighted by molar-refractivity contribution is 7.11. The van der Waals surface area contributed by atoms with Crippen molar-refractivity contribution < 1.29 is 0 Å². The second-order valence-electron chi connectivity index (χ2n) is 5.05. The van der Waals surface area contributed by atoms with Crippen LogP contribution in [-0.2, 0) is 13.1 Å². The zero-order valence-electron chi connectivity index (χ0n) is 12.9. The minimum atomic E-state index is 0.694. The summed E-state index contributed by atoms with van der Waals surface area (Å²) in [5, 5.41) is 6.67. The number of aryl methyl sites for hydroxylation is 2. The fraction of sp³-hybridized carbons (Fsp3) is 0.353. The molecular formula is C17H23N3S. The van der Waals surface area contributed by atoms with E-state index in [1.807, 2.05) is 11.3 Å². The van der Waals surface area contributed by atoms with E-state index in [1.165, 1.54) is 20.9 Å². The summed E-state index contributed by atoms with van der Waals surface area (Å²) in [7, 11) is 0. The molecule has 0 aliphatic rings. The number of hydrogen-bond acceptors (Lipinski definition) is 2. The summed E-state index contributed by atoms with van der Waals surface area (Å²) in [6, 6.07) is 12.8. The van der Waals surface area contributed by atoms with E-state index in [2.05, 4.69) is 72.8 Å². The van der Waals surface area contributed by atoms with Crippen LogP contribution in [0.5, 0.6) is 0 Å². The smallest absolute Gasteiger partial charge is 0.191 e. The number of nitrogens with one attached hydrogen (secondary N) is 2. The first-order chi connectivity index (χ1) is 10.2. The standard InChI is InChI=1S/C17H23N3S/c1-4-18-17(20-12-16-10-7-14(3)21-16)19-11-15-8-5-13(2)6-9-15/h5-10H,4,11-12H2,1-3H3,(H2,18,19,20). The molecule has 4 heteroatoms. The van der Waals surface area contributed by atoms with Crippen LogP contribution in [0.2, 0.25) is 0 Å². The van der Waals surface area contributed by atoms with Gasteiger partial charge in [-0.2, -0.15) is 0 Å². The molecule has 0 unspecified atom stereocenters. The van der Waals surface area contributed by atoms with Crippen molar-refractivity contribution in [3.63, 3.8) is 0 Å². The lowest BCUT2D eigenvalue weighted by molar-refractivity contribution is 0.823. The van der Waals surface area contributed by atoms with Crippen molar-refractivity contribution in [2.45, 2.75) is 33.9 Å². The summed E-state index contributed by atoms with van der Waals surface area (Å²) >= 11 is 1.82. The predicted molar refractivity (Wildman–Crippen MR) is 91.9 cm³/mol. The van der Waals surface area contributed by atoms with E-state index in [-0.39, 0.29) is 0 Å². The van der Waals surface area contributed by atoms with Gasteiger partial charge in [-0.05, 0) is 38.5 Å². The first-order valence-electron chi connectivity index (χ1n) is 7.30. The molecule has 0 radical (unpaired) electrons. The number of thiophene rings is 1. The monoisotopic (exact) mass is 301 g/mol. The summed E-state index contributed by atoms with van der Waals surface area (Å²) < 4.78 is 0. The Morgan fingerprint density at radius 2 is 1.81 bits per heavy atom. The van der Waals surface area contributed by atoms with Crippen LogP contribution < -0.4 is 10.6 Å². The molecule has 1 aromatic heterocycles. The van der Waals surface area contributed by atoms with Crippen molar-refractivity contribution in [2.24, 2.45) is 4.99 Å². The first-order valence-corrected chi connectivity index (χ1v) is 8.12. The molecule has 0 atom stereocenters. The maximum absolute atomic E-state index is 4.63. The SMILES string of the molecule is CCNC(=NCc1ccc(C)cc1)NCc1ccc(C)s1. The molecule has 112 valence electrons. The largest absolute Gasteiger partial charge is 0.357 e. The molecular weight excluding hydrogens is 278 g/mol. The van der Waals surface area contributed by atoms with Crippen LogP contribution in [0.1, 0.15) is 27.8 Å². The Balaban J connectivity index is 1.93. The molecule has 0 aliphatic carbocycles. The highest BCUT2D eigenvalue weighted by Gasteiger charge is 2.00. The zero-order chi connectivity index (χ0) is 15.1. The molecule has 1 heterocycles. The third-order valence-electron chi connectivity index (χ3n) is 3.11. The zero-order valence-corrected chi connectivity index (χ0v) is 13.8. The molecule has 2 rings (SSSR count). The van der Waals surface area contributed by atoms with E-state index in [0.29, 0.717) is 6.54 Å². The van der Waals surface area contributed by atoms with Crippen LogP contribution in [-0.4, -0.2) is 12.5 Å². The first kappa shape index (κ1) is 15.6. The van der Waals surface area contributed by atoms with Gasteiger partial charge in [0.1, 0.15) is 0 Å². The van der Waals surface area contributed by atoms with Crippen molar-refractivity contribution >= 4 is 17.3 Å². The van der Waals surface area contributed by atoms with Crippen molar-refractivity contribution in [3.05, 3.63) is 57.3 Å². The van der Waals surface area contributed by atoms with Gasteiger partial charge in [0.25, 0.3) is 0 Å². The van der Waals surface area contributed by atoms with Crippen LogP contribution in [0.3, 0.4) is 0 Å². The van der Waals surface area contributed by atoms with Crippen molar-refractivity contribution in [2.75, 3.05) is 6.54 Å². The van der Waals surface area contributed by atoms with Gasteiger partial charge in [0.2, 0.25) is 0 Å². The summed E-state index contributed by atoms with van der Waals surface area (Å²) in [5.74, 6) is 0.865. The summed E-state index contributed by atoms with van der Waals surface area (Å²) in [4.78, 5) is 7.30. The summed E-state index contributed by atoms with van der Waals surface area (Å²) in [6.45, 7) is 8.69. The van der Waals surface area contributed by atoms with Crippen LogP contribution in [0.25, 0.3) is 0 Å². The minimum absolute atomic E-state index is 0.694. The topological polar surface area (TPSA) is 36.4 Å². The van der Waals surface area contributed by atoms with Gasteiger partial charge in [0, 0.05) is 16.3 Å². The Labute approximate surface area is 131 Å². The van der Waals surface area contributed by atoms with Gasteiger partial charge < -0.3 is 10.6 Å². The Morgan fingerprint density at radius 1 is 1.05 bits per heavy atom. The van der Waals surface area contributed by atoms with Crippen LogP contribution in [0, 0.1) is 13.8 Å². The molecule has 3 nitrogen and oxygen atoms in total. The van der Waals surface area contributed by atoms with E-state index in [0.717, 1.165) is 19.0 Å². The lowest BCUT2D eigenvalue weighted by Gasteiger charge is -2.10. The number of guanidine groups is 1. The van der Waals surface area contributed by atoms with Gasteiger partial charge in [-0.15, -0.1) is 11.3 Å². The predicted octanol–water partition coefficient (Wildman–Crippen LogP) is 3.62. The van der Waals surface area contributed by atoms with Gasteiger partial charge in [-0.1, -0.05) is 29.8 Å². The molecule has 0 aliphatic heterocycles. The molecule has 2 aromatic rings. The highest BCUT2D eigenvalue weighted by atomic mass is 32.1. The molecule has 0 spiro atoms. The van der Waals surface area contributed by atoms with Gasteiger partial charge in [0.15, 0.2) is 5.96 Å². The van der Waals surface area contributed by atoms with Crippen molar-refractivity contribution in [3.8, 4) is 0 Å². The molecule has 0 saturated carbocycles. The number of rotatable bonds is 5. The Bertz CT molecular complexity index is 584. The Morgan fingerprint density at radius 3 is 2.43 bits per heavy atom. The Kier molecular flexibility index (Phi) is 5.81. The fourth-order valence-electron chi connectivity index (χ4n) is 1.96. The van der Waals surface area contributed by atoms with Gasteiger partial charge in [-0.25, -0.2) is 4.99 Å². The van der Waals surface area contributed by atoms with E-state index in [9.17, 15) is 0 Å². The van der Waals surface area contributed by atoms with Gasteiger partial charge >= 0.3 is 0 Å². The number of nitrogens with zero attached hydrogens (tertiary/aromatic N) is 1. The van der Waals surface area contributed by atoms with Gasteiger partial charge in [0.05, 0.1) is 13.1 Å². The molecule has 21 heavy (non-hydrogen) atoms. The normalized spacial score (nSPS) is 11.5. The average Bonchev–Trinajstić information content (AvgIpc) is 2.89. The van der Waals surface area contributed by atoms with Crippen molar-refractivity contribution in [1.82, 2.24) is 10.6 Å². The lowest BCUT2D eigenvalue weighted by Crippen LogP contribution is -2.36. The quantitative estimate of drug-likeness (QED) is 0.653. The van der Waals surface area contributed by atoms with E-state index in [4.69, 9.17) is 0 Å². The maximum atomic E-state index is 4.63. The fourth-order valence-corrected chi connectivity index (χ4v) is 2.79. The second-order valence-corrected chi connectivity index (χ2v) is 6.42. The molecule has 0 bridgehead atoms. The number of aliphatic imine (C=N–C) groups is 1. The molecule has 1 aromatic carbocycles. The van der Waals surface area contributed by atoms with Crippen LogP contribution >= 0.6 is 11.3 Å². The number of benzene rings is 1. The van der Waals surface area contributed by atoms with Crippen LogP contribution in [0.15, 0.2) is 41.4 Å². The van der Waals surface area contributed by atoms with E-state index < -0.39 is 0 Å². The molecule has 0 saturated heterocycles. The summed E-state index contributed by atoms with van der Waals surface area (Å²) in [5.41, 5.74) is 2.51. The molecule has 2 N–H and O–H groups in total. The maximum Gasteiger partial charge on any atom is 0.191 e.